The zero-order valence-corrected chi connectivity index (χ0v) is 19.5. The number of carboxylic acids is 1. The van der Waals surface area contributed by atoms with Crippen molar-refractivity contribution in [1.29, 1.82) is 0 Å². The second kappa shape index (κ2) is 8.56. The summed E-state index contributed by atoms with van der Waals surface area (Å²) in [6, 6.07) is 5.36. The quantitative estimate of drug-likeness (QED) is 0.428. The van der Waals surface area contributed by atoms with E-state index in [1.807, 2.05) is 13.0 Å². The maximum Gasteiger partial charge on any atom is 0.416 e. The van der Waals surface area contributed by atoms with E-state index in [2.05, 4.69) is 20.3 Å². The smallest absolute Gasteiger partial charge is 0.416 e. The van der Waals surface area contributed by atoms with Crippen LogP contribution in [-0.2, 0) is 16.6 Å². The van der Waals surface area contributed by atoms with Crippen LogP contribution in [0.1, 0.15) is 41.8 Å². The Bertz CT molecular complexity index is 1260. The standard InChI is InChI=1S/C24H23F3N4O3S/c1-12-6-16(30-19(7-12)31-18-8-15(4-5-28-18)24(25,26)27)17-11-29-22(35-17)23(34)9-13-2-3-14(10-23)20(13)21(32)33/h4-8,11,13-14,20,34H,2-3,9-10H2,1H3,(H,32,33)(H,28,30,31)/t13-,14-,20?,23?/m1/s1. The molecule has 35 heavy (non-hydrogen) atoms. The van der Waals surface area contributed by atoms with Gasteiger partial charge in [0, 0.05) is 12.4 Å². The maximum atomic E-state index is 13.0. The normalized spacial score (nSPS) is 26.0. The summed E-state index contributed by atoms with van der Waals surface area (Å²) < 4.78 is 39.1. The van der Waals surface area contributed by atoms with Crippen LogP contribution in [0.5, 0.6) is 0 Å². The molecular formula is C24H23F3N4O3S. The second-order valence-electron chi connectivity index (χ2n) is 9.40. The van der Waals surface area contributed by atoms with Gasteiger partial charge in [-0.2, -0.15) is 13.2 Å². The van der Waals surface area contributed by atoms with Crippen LogP contribution in [0.25, 0.3) is 10.6 Å². The number of rotatable bonds is 5. The van der Waals surface area contributed by atoms with Crippen LogP contribution in [0.4, 0.5) is 24.8 Å². The molecule has 0 radical (unpaired) electrons. The van der Waals surface area contributed by atoms with Crippen molar-refractivity contribution in [1.82, 2.24) is 15.0 Å². The number of thiazole rings is 1. The van der Waals surface area contributed by atoms with Crippen molar-refractivity contribution >= 4 is 28.9 Å². The van der Waals surface area contributed by atoms with E-state index in [1.54, 1.807) is 12.3 Å². The fourth-order valence-electron chi connectivity index (χ4n) is 5.43. The third-order valence-corrected chi connectivity index (χ3v) is 8.09. The number of anilines is 2. The van der Waals surface area contributed by atoms with Crippen LogP contribution in [-0.4, -0.2) is 31.1 Å². The maximum absolute atomic E-state index is 13.0. The molecule has 2 aliphatic rings. The number of pyridine rings is 2. The first kappa shape index (κ1) is 23.7. The number of fused-ring (bicyclic) bond motifs is 2. The molecule has 0 spiro atoms. The molecule has 5 rings (SSSR count). The molecule has 3 aromatic rings. The number of alkyl halides is 3. The predicted molar refractivity (Wildman–Crippen MR) is 123 cm³/mol. The number of nitrogens with one attached hydrogen (secondary N) is 1. The van der Waals surface area contributed by atoms with E-state index in [-0.39, 0.29) is 17.7 Å². The third-order valence-electron chi connectivity index (χ3n) is 6.88. The van der Waals surface area contributed by atoms with E-state index in [0.717, 1.165) is 36.7 Å². The molecular weight excluding hydrogens is 481 g/mol. The van der Waals surface area contributed by atoms with Gasteiger partial charge in [-0.05, 0) is 74.3 Å². The molecule has 2 aliphatic carbocycles. The van der Waals surface area contributed by atoms with Gasteiger partial charge < -0.3 is 15.5 Å². The summed E-state index contributed by atoms with van der Waals surface area (Å²) in [7, 11) is 0. The summed E-state index contributed by atoms with van der Waals surface area (Å²) in [5, 5.41) is 24.3. The Balaban J connectivity index is 1.39. The highest BCUT2D eigenvalue weighted by Gasteiger charge is 2.53. The molecule has 184 valence electrons. The topological polar surface area (TPSA) is 108 Å². The van der Waals surface area contributed by atoms with E-state index < -0.39 is 29.2 Å². The SMILES string of the molecule is Cc1cc(Nc2cc(C(F)(F)F)ccn2)nc(-c2cnc(C3(O)C[C@H]4CC[C@H](C3)C4C(=O)O)s2)c1. The predicted octanol–water partition coefficient (Wildman–Crippen LogP) is 5.38. The highest BCUT2D eigenvalue weighted by atomic mass is 32.1. The van der Waals surface area contributed by atoms with Crippen molar-refractivity contribution in [2.24, 2.45) is 17.8 Å². The van der Waals surface area contributed by atoms with E-state index >= 15 is 0 Å². The third kappa shape index (κ3) is 4.62. The lowest BCUT2D eigenvalue weighted by atomic mass is 9.71. The summed E-state index contributed by atoms with van der Waals surface area (Å²) in [5.74, 6) is -0.993. The van der Waals surface area contributed by atoms with Crippen molar-refractivity contribution in [2.45, 2.75) is 44.4 Å². The average Bonchev–Trinajstić information content (AvgIpc) is 3.38. The fourth-order valence-corrected chi connectivity index (χ4v) is 6.42. The first-order valence-corrected chi connectivity index (χ1v) is 12.0. The minimum Gasteiger partial charge on any atom is -0.481 e. The van der Waals surface area contributed by atoms with Crippen molar-refractivity contribution in [3.05, 3.63) is 52.8 Å². The van der Waals surface area contributed by atoms with Gasteiger partial charge in [-0.15, -0.1) is 11.3 Å². The number of aromatic nitrogens is 3. The lowest BCUT2D eigenvalue weighted by Crippen LogP contribution is -2.41. The average molecular weight is 505 g/mol. The fraction of sp³-hybridized carbons (Fsp3) is 0.417. The number of carbonyl (C=O) groups is 1. The molecule has 2 fully saturated rings. The Morgan fingerprint density at radius 3 is 2.51 bits per heavy atom. The van der Waals surface area contributed by atoms with Crippen molar-refractivity contribution < 1.29 is 28.2 Å². The Morgan fingerprint density at radius 1 is 1.14 bits per heavy atom. The van der Waals surface area contributed by atoms with E-state index in [0.29, 0.717) is 34.2 Å². The minimum absolute atomic E-state index is 0.0221. The number of hydrogen-bond donors (Lipinski definition) is 3. The van der Waals surface area contributed by atoms with E-state index in [4.69, 9.17) is 0 Å². The Morgan fingerprint density at radius 2 is 1.86 bits per heavy atom. The number of hydrogen-bond acceptors (Lipinski definition) is 7. The van der Waals surface area contributed by atoms with Crippen LogP contribution in [0, 0.1) is 24.7 Å². The second-order valence-corrected chi connectivity index (χ2v) is 10.4. The van der Waals surface area contributed by atoms with Gasteiger partial charge >= 0.3 is 12.1 Å². The van der Waals surface area contributed by atoms with Crippen LogP contribution >= 0.6 is 11.3 Å². The number of carboxylic acid groups (broad SMARTS) is 1. The zero-order chi connectivity index (χ0) is 25.0. The highest BCUT2D eigenvalue weighted by Crippen LogP contribution is 2.54. The number of halogens is 3. The van der Waals surface area contributed by atoms with Gasteiger partial charge in [0.2, 0.25) is 0 Å². The van der Waals surface area contributed by atoms with E-state index in [1.165, 1.54) is 11.3 Å². The molecule has 0 amide bonds. The van der Waals surface area contributed by atoms with Crippen molar-refractivity contribution in [3.63, 3.8) is 0 Å². The largest absolute Gasteiger partial charge is 0.481 e. The Kier molecular flexibility index (Phi) is 5.79. The first-order chi connectivity index (χ1) is 16.5. The summed E-state index contributed by atoms with van der Waals surface area (Å²) in [5.41, 5.74) is -0.588. The molecule has 2 saturated carbocycles. The molecule has 7 nitrogen and oxygen atoms in total. The first-order valence-electron chi connectivity index (χ1n) is 11.2. The Hall–Kier alpha value is -3.05. The van der Waals surface area contributed by atoms with Crippen LogP contribution in [0.3, 0.4) is 0 Å². The number of aliphatic carboxylic acids is 1. The number of aryl methyl sites for hydroxylation is 1. The molecule has 0 saturated heterocycles. The molecule has 0 aromatic carbocycles. The molecule has 3 N–H and O–H groups in total. The van der Waals surface area contributed by atoms with Crippen LogP contribution in [0.2, 0.25) is 0 Å². The molecule has 3 heterocycles. The van der Waals surface area contributed by atoms with Gasteiger partial charge in [-0.25, -0.2) is 15.0 Å². The molecule has 2 bridgehead atoms. The molecule has 2 atom stereocenters. The Labute approximate surface area is 203 Å². The molecule has 3 aromatic heterocycles. The van der Waals surface area contributed by atoms with Gasteiger partial charge in [0.15, 0.2) is 0 Å². The number of nitrogens with zero attached hydrogens (tertiary/aromatic N) is 3. The lowest BCUT2D eigenvalue weighted by Gasteiger charge is -2.38. The molecule has 0 unspecified atom stereocenters. The minimum atomic E-state index is -4.48. The van der Waals surface area contributed by atoms with Gasteiger partial charge in [0.1, 0.15) is 22.2 Å². The van der Waals surface area contributed by atoms with Gasteiger partial charge in [-0.3, -0.25) is 4.79 Å². The lowest BCUT2D eigenvalue weighted by molar-refractivity contribution is -0.150. The van der Waals surface area contributed by atoms with Crippen molar-refractivity contribution in [2.75, 3.05) is 5.32 Å². The molecule has 11 heteroatoms. The van der Waals surface area contributed by atoms with Crippen LogP contribution in [0.15, 0.2) is 36.7 Å². The van der Waals surface area contributed by atoms with Gasteiger partial charge in [0.25, 0.3) is 0 Å². The summed E-state index contributed by atoms with van der Waals surface area (Å²) in [6.45, 7) is 1.84. The summed E-state index contributed by atoms with van der Waals surface area (Å²) in [6.07, 6.45) is 0.542. The molecule has 0 aliphatic heterocycles. The highest BCUT2D eigenvalue weighted by molar-refractivity contribution is 7.15. The monoisotopic (exact) mass is 504 g/mol. The van der Waals surface area contributed by atoms with Gasteiger partial charge in [-0.1, -0.05) is 0 Å². The van der Waals surface area contributed by atoms with Gasteiger partial charge in [0.05, 0.1) is 22.1 Å². The summed E-state index contributed by atoms with van der Waals surface area (Å²) >= 11 is 1.30. The zero-order valence-electron chi connectivity index (χ0n) is 18.7. The van der Waals surface area contributed by atoms with Crippen LogP contribution < -0.4 is 5.32 Å². The van der Waals surface area contributed by atoms with E-state index in [9.17, 15) is 28.2 Å². The van der Waals surface area contributed by atoms with Crippen molar-refractivity contribution in [3.8, 4) is 10.6 Å². The summed E-state index contributed by atoms with van der Waals surface area (Å²) in [4.78, 5) is 25.3. The number of aliphatic hydroxyl groups is 1.